The van der Waals surface area contributed by atoms with Gasteiger partial charge < -0.3 is 9.14 Å². The minimum Gasteiger partial charge on any atom is -0.464 e. The van der Waals surface area contributed by atoms with Gasteiger partial charge in [-0.2, -0.15) is 0 Å². The highest BCUT2D eigenvalue weighted by Crippen LogP contribution is 2.16. The monoisotopic (exact) mass is 254 g/mol. The highest BCUT2D eigenvalue weighted by molar-refractivity contribution is 9.10. The van der Waals surface area contributed by atoms with E-state index in [0.29, 0.717) is 5.69 Å². The molecular formula is C9H7BrN2O2. The van der Waals surface area contributed by atoms with Gasteiger partial charge in [-0.05, 0) is 12.1 Å². The molecule has 5 heteroatoms. The largest absolute Gasteiger partial charge is 0.464 e. The van der Waals surface area contributed by atoms with E-state index in [0.717, 1.165) is 9.99 Å². The van der Waals surface area contributed by atoms with Crippen LogP contribution < -0.4 is 0 Å². The number of hydrogen-bond donors (Lipinski definition) is 0. The molecule has 0 radical (unpaired) electrons. The molecule has 2 aromatic heterocycles. The first-order valence-corrected chi connectivity index (χ1v) is 4.72. The Hall–Kier alpha value is -1.36. The SMILES string of the molecule is COC(=O)c1ncn2ccc(Br)cc12. The number of carbonyl (C=O) groups excluding carboxylic acids is 1. The standard InChI is InChI=1S/C9H7BrN2O2/c1-14-9(13)8-7-4-6(10)2-3-12(7)5-11-8/h2-5H,1H3. The number of methoxy groups -OCH3 is 1. The summed E-state index contributed by atoms with van der Waals surface area (Å²) in [5.41, 5.74) is 1.06. The fourth-order valence-corrected chi connectivity index (χ4v) is 1.55. The molecule has 72 valence electrons. The van der Waals surface area contributed by atoms with E-state index in [4.69, 9.17) is 0 Å². The number of nitrogens with zero attached hydrogens (tertiary/aromatic N) is 2. The van der Waals surface area contributed by atoms with Crippen molar-refractivity contribution in [3.8, 4) is 0 Å². The van der Waals surface area contributed by atoms with E-state index in [-0.39, 0.29) is 0 Å². The van der Waals surface area contributed by atoms with E-state index in [2.05, 4.69) is 25.7 Å². The van der Waals surface area contributed by atoms with Crippen molar-refractivity contribution in [3.63, 3.8) is 0 Å². The van der Waals surface area contributed by atoms with Crippen LogP contribution in [0.2, 0.25) is 0 Å². The third-order valence-electron chi connectivity index (χ3n) is 1.88. The van der Waals surface area contributed by atoms with Crippen molar-refractivity contribution in [3.05, 3.63) is 34.8 Å². The molecule has 14 heavy (non-hydrogen) atoms. The molecular weight excluding hydrogens is 248 g/mol. The molecule has 0 aliphatic rings. The maximum atomic E-state index is 11.3. The van der Waals surface area contributed by atoms with Crippen LogP contribution in [0.15, 0.2) is 29.1 Å². The molecule has 2 rings (SSSR count). The summed E-state index contributed by atoms with van der Waals surface area (Å²) in [4.78, 5) is 15.3. The summed E-state index contributed by atoms with van der Waals surface area (Å²) in [5, 5.41) is 0. The van der Waals surface area contributed by atoms with E-state index in [1.165, 1.54) is 7.11 Å². The third kappa shape index (κ3) is 1.39. The van der Waals surface area contributed by atoms with Crippen LogP contribution in [0.4, 0.5) is 0 Å². The van der Waals surface area contributed by atoms with Gasteiger partial charge in [0, 0.05) is 10.7 Å². The maximum Gasteiger partial charge on any atom is 0.358 e. The van der Waals surface area contributed by atoms with Crippen LogP contribution >= 0.6 is 15.9 Å². The number of fused-ring (bicyclic) bond motifs is 1. The van der Waals surface area contributed by atoms with Gasteiger partial charge in [0.25, 0.3) is 0 Å². The maximum absolute atomic E-state index is 11.3. The fourth-order valence-electron chi connectivity index (χ4n) is 1.22. The summed E-state index contributed by atoms with van der Waals surface area (Å²) in [6, 6.07) is 3.69. The van der Waals surface area contributed by atoms with Gasteiger partial charge in [-0.15, -0.1) is 0 Å². The van der Waals surface area contributed by atoms with Crippen LogP contribution in [-0.2, 0) is 4.74 Å². The van der Waals surface area contributed by atoms with Crippen LogP contribution in [0, 0.1) is 0 Å². The molecule has 0 amide bonds. The lowest BCUT2D eigenvalue weighted by molar-refractivity contribution is 0.0597. The smallest absolute Gasteiger partial charge is 0.358 e. The number of carbonyl (C=O) groups is 1. The van der Waals surface area contributed by atoms with Crippen LogP contribution in [0.5, 0.6) is 0 Å². The number of halogens is 1. The third-order valence-corrected chi connectivity index (χ3v) is 2.37. The van der Waals surface area contributed by atoms with E-state index in [1.807, 2.05) is 18.3 Å². The average Bonchev–Trinajstić information content (AvgIpc) is 2.59. The van der Waals surface area contributed by atoms with Crippen molar-refractivity contribution in [1.82, 2.24) is 9.38 Å². The van der Waals surface area contributed by atoms with E-state index >= 15 is 0 Å². The van der Waals surface area contributed by atoms with E-state index < -0.39 is 5.97 Å². The van der Waals surface area contributed by atoms with Crippen molar-refractivity contribution < 1.29 is 9.53 Å². The first kappa shape index (κ1) is 9.21. The molecule has 0 atom stereocenters. The summed E-state index contributed by atoms with van der Waals surface area (Å²) in [6.45, 7) is 0. The number of pyridine rings is 1. The predicted octanol–water partition coefficient (Wildman–Crippen LogP) is 1.88. The molecule has 2 heterocycles. The number of rotatable bonds is 1. The van der Waals surface area contributed by atoms with Gasteiger partial charge in [-0.3, -0.25) is 0 Å². The predicted molar refractivity (Wildman–Crippen MR) is 54.2 cm³/mol. The molecule has 0 fully saturated rings. The zero-order valence-corrected chi connectivity index (χ0v) is 8.98. The Morgan fingerprint density at radius 1 is 1.64 bits per heavy atom. The lowest BCUT2D eigenvalue weighted by Gasteiger charge is -1.97. The van der Waals surface area contributed by atoms with E-state index in [9.17, 15) is 4.79 Å². The number of aromatic nitrogens is 2. The molecule has 0 N–H and O–H groups in total. The summed E-state index contributed by atoms with van der Waals surface area (Å²) in [5.74, 6) is -0.425. The van der Waals surface area contributed by atoms with Gasteiger partial charge in [0.05, 0.1) is 12.6 Å². The quantitative estimate of drug-likeness (QED) is 0.731. The van der Waals surface area contributed by atoms with Gasteiger partial charge >= 0.3 is 5.97 Å². The molecule has 0 saturated heterocycles. The van der Waals surface area contributed by atoms with Crippen LogP contribution in [0.3, 0.4) is 0 Å². The van der Waals surface area contributed by atoms with E-state index in [1.54, 1.807) is 10.7 Å². The summed E-state index contributed by atoms with van der Waals surface area (Å²) in [7, 11) is 1.34. The summed E-state index contributed by atoms with van der Waals surface area (Å²) in [6.07, 6.45) is 3.40. The van der Waals surface area contributed by atoms with Gasteiger partial charge in [0.15, 0.2) is 5.69 Å². The molecule has 0 aliphatic carbocycles. The Labute approximate surface area is 88.6 Å². The lowest BCUT2D eigenvalue weighted by Crippen LogP contribution is -2.02. The lowest BCUT2D eigenvalue weighted by atomic mass is 10.3. The Balaban J connectivity index is 2.67. The first-order valence-electron chi connectivity index (χ1n) is 3.93. The number of esters is 1. The highest BCUT2D eigenvalue weighted by Gasteiger charge is 2.13. The first-order chi connectivity index (χ1) is 6.72. The number of hydrogen-bond acceptors (Lipinski definition) is 3. The Bertz CT molecular complexity index is 493. The summed E-state index contributed by atoms with van der Waals surface area (Å²) >= 11 is 3.33. The molecule has 0 saturated carbocycles. The van der Waals surface area contributed by atoms with Gasteiger partial charge in [0.1, 0.15) is 6.33 Å². The Kier molecular flexibility index (Phi) is 2.25. The normalized spacial score (nSPS) is 10.4. The van der Waals surface area contributed by atoms with Gasteiger partial charge in [-0.1, -0.05) is 15.9 Å². The second-order valence-electron chi connectivity index (χ2n) is 2.72. The zero-order valence-electron chi connectivity index (χ0n) is 7.40. The second-order valence-corrected chi connectivity index (χ2v) is 3.64. The minimum absolute atomic E-state index is 0.328. The number of imidazole rings is 1. The zero-order chi connectivity index (χ0) is 10.1. The molecule has 4 nitrogen and oxygen atoms in total. The van der Waals surface area contributed by atoms with Gasteiger partial charge in [0.2, 0.25) is 0 Å². The van der Waals surface area contributed by atoms with Crippen LogP contribution in [-0.4, -0.2) is 22.5 Å². The molecule has 0 bridgehead atoms. The highest BCUT2D eigenvalue weighted by atomic mass is 79.9. The second kappa shape index (κ2) is 3.42. The average molecular weight is 255 g/mol. The van der Waals surface area contributed by atoms with Crippen molar-refractivity contribution >= 4 is 27.4 Å². The fraction of sp³-hybridized carbons (Fsp3) is 0.111. The molecule has 0 spiro atoms. The van der Waals surface area contributed by atoms with Crippen LogP contribution in [0.1, 0.15) is 10.5 Å². The Morgan fingerprint density at radius 3 is 3.14 bits per heavy atom. The van der Waals surface area contributed by atoms with Gasteiger partial charge in [-0.25, -0.2) is 9.78 Å². The summed E-state index contributed by atoms with van der Waals surface area (Å²) < 4.78 is 7.27. The molecule has 2 aromatic rings. The van der Waals surface area contributed by atoms with Crippen molar-refractivity contribution in [1.29, 1.82) is 0 Å². The molecule has 0 aliphatic heterocycles. The Morgan fingerprint density at radius 2 is 2.43 bits per heavy atom. The van der Waals surface area contributed by atoms with Crippen LogP contribution in [0.25, 0.3) is 5.52 Å². The molecule has 0 unspecified atom stereocenters. The minimum atomic E-state index is -0.425. The van der Waals surface area contributed by atoms with Crippen molar-refractivity contribution in [2.24, 2.45) is 0 Å². The van der Waals surface area contributed by atoms with Crippen molar-refractivity contribution in [2.45, 2.75) is 0 Å². The van der Waals surface area contributed by atoms with Crippen molar-refractivity contribution in [2.75, 3.05) is 7.11 Å². The topological polar surface area (TPSA) is 43.6 Å². The number of ether oxygens (including phenoxy) is 1. The molecule has 0 aromatic carbocycles.